The van der Waals surface area contributed by atoms with Crippen molar-refractivity contribution in [3.63, 3.8) is 0 Å². The highest BCUT2D eigenvalue weighted by Crippen LogP contribution is 2.21. The Labute approximate surface area is 167 Å². The fourth-order valence-corrected chi connectivity index (χ4v) is 2.91. The van der Waals surface area contributed by atoms with Crippen LogP contribution in [0.25, 0.3) is 5.95 Å². The zero-order valence-corrected chi connectivity index (χ0v) is 16.9. The SMILES string of the molecule is CCCCc1c(C)nc(-n2[nH]c(C)c(N=Nc3ccc(OC)cc3)c2=O)[nH]c1=O. The van der Waals surface area contributed by atoms with E-state index in [9.17, 15) is 9.59 Å². The number of rotatable bonds is 7. The van der Waals surface area contributed by atoms with Gasteiger partial charge in [0, 0.05) is 5.56 Å². The Morgan fingerprint density at radius 3 is 2.48 bits per heavy atom. The molecule has 0 spiro atoms. The Morgan fingerprint density at radius 1 is 1.14 bits per heavy atom. The molecule has 0 aliphatic rings. The average molecular weight is 396 g/mol. The summed E-state index contributed by atoms with van der Waals surface area (Å²) >= 11 is 0. The topological polar surface area (TPSA) is 117 Å². The molecule has 2 aromatic heterocycles. The first kappa shape index (κ1) is 20.2. The van der Waals surface area contributed by atoms with Gasteiger partial charge in [0.1, 0.15) is 5.75 Å². The lowest BCUT2D eigenvalue weighted by molar-refractivity contribution is 0.415. The summed E-state index contributed by atoms with van der Waals surface area (Å²) in [6.45, 7) is 5.55. The summed E-state index contributed by atoms with van der Waals surface area (Å²) in [4.78, 5) is 32.3. The van der Waals surface area contributed by atoms with Gasteiger partial charge in [-0.15, -0.1) is 5.11 Å². The summed E-state index contributed by atoms with van der Waals surface area (Å²) in [6, 6.07) is 6.99. The lowest BCUT2D eigenvalue weighted by Gasteiger charge is -2.06. The number of nitrogens with zero attached hydrogens (tertiary/aromatic N) is 4. The van der Waals surface area contributed by atoms with Crippen LogP contribution in [0.5, 0.6) is 5.75 Å². The minimum Gasteiger partial charge on any atom is -0.497 e. The molecule has 0 amide bonds. The number of ether oxygens (including phenoxy) is 1. The largest absolute Gasteiger partial charge is 0.497 e. The Hall–Kier alpha value is -3.49. The monoisotopic (exact) mass is 396 g/mol. The molecule has 0 radical (unpaired) electrons. The maximum absolute atomic E-state index is 12.8. The van der Waals surface area contributed by atoms with Crippen LogP contribution in [0.1, 0.15) is 36.7 Å². The third-order valence-corrected chi connectivity index (χ3v) is 4.58. The van der Waals surface area contributed by atoms with E-state index >= 15 is 0 Å². The average Bonchev–Trinajstić information content (AvgIpc) is 2.99. The summed E-state index contributed by atoms with van der Waals surface area (Å²) in [7, 11) is 1.58. The van der Waals surface area contributed by atoms with Crippen molar-refractivity contribution in [1.82, 2.24) is 19.7 Å². The molecule has 3 aromatic rings. The van der Waals surface area contributed by atoms with Gasteiger partial charge in [-0.2, -0.15) is 9.80 Å². The lowest BCUT2D eigenvalue weighted by atomic mass is 10.1. The highest BCUT2D eigenvalue weighted by molar-refractivity contribution is 5.44. The highest BCUT2D eigenvalue weighted by Gasteiger charge is 2.16. The molecule has 0 unspecified atom stereocenters. The number of nitrogens with one attached hydrogen (secondary N) is 2. The number of hydrogen-bond donors (Lipinski definition) is 2. The van der Waals surface area contributed by atoms with Crippen molar-refractivity contribution in [2.24, 2.45) is 10.2 Å². The van der Waals surface area contributed by atoms with E-state index in [1.165, 1.54) is 4.68 Å². The zero-order valence-electron chi connectivity index (χ0n) is 16.9. The van der Waals surface area contributed by atoms with Crippen LogP contribution in [0.15, 0.2) is 44.1 Å². The van der Waals surface area contributed by atoms with Crippen LogP contribution < -0.4 is 15.9 Å². The number of methoxy groups -OCH3 is 1. The van der Waals surface area contributed by atoms with Crippen LogP contribution >= 0.6 is 0 Å². The number of unbranched alkanes of at least 4 members (excludes halogenated alkanes) is 1. The number of aromatic amines is 2. The van der Waals surface area contributed by atoms with Crippen LogP contribution in [0, 0.1) is 13.8 Å². The summed E-state index contributed by atoms with van der Waals surface area (Å²) < 4.78 is 6.28. The fourth-order valence-electron chi connectivity index (χ4n) is 2.91. The molecule has 9 heteroatoms. The Morgan fingerprint density at radius 2 is 1.86 bits per heavy atom. The Bertz CT molecular complexity index is 1140. The molecule has 0 saturated carbocycles. The quantitative estimate of drug-likeness (QED) is 0.593. The van der Waals surface area contributed by atoms with Crippen LogP contribution in [-0.2, 0) is 6.42 Å². The van der Waals surface area contributed by atoms with Crippen molar-refractivity contribution >= 4 is 11.4 Å². The van der Waals surface area contributed by atoms with E-state index in [-0.39, 0.29) is 17.2 Å². The van der Waals surface area contributed by atoms with Crippen molar-refractivity contribution in [2.45, 2.75) is 40.0 Å². The third-order valence-electron chi connectivity index (χ3n) is 4.58. The van der Waals surface area contributed by atoms with E-state index in [1.54, 1.807) is 45.2 Å². The predicted octanol–water partition coefficient (Wildman–Crippen LogP) is 3.63. The molecule has 2 heterocycles. The molecule has 0 bridgehead atoms. The predicted molar refractivity (Wildman–Crippen MR) is 110 cm³/mol. The molecule has 0 aliphatic carbocycles. The van der Waals surface area contributed by atoms with Gasteiger partial charge >= 0.3 is 5.56 Å². The normalized spacial score (nSPS) is 11.3. The van der Waals surface area contributed by atoms with Crippen molar-refractivity contribution in [3.8, 4) is 11.7 Å². The molecule has 29 heavy (non-hydrogen) atoms. The molecule has 0 fully saturated rings. The molecule has 0 aliphatic heterocycles. The Kier molecular flexibility index (Phi) is 6.06. The first-order chi connectivity index (χ1) is 13.9. The number of aromatic nitrogens is 4. The standard InChI is InChI=1S/C20H24N6O3/c1-5-6-7-16-12(2)21-20(22-18(16)27)26-19(28)17(13(3)25-26)24-23-14-8-10-15(29-4)11-9-14/h8-11,25H,5-7H2,1-4H3,(H,21,22,27). The van der Waals surface area contributed by atoms with Crippen LogP contribution in [0.4, 0.5) is 11.4 Å². The third kappa shape index (κ3) is 4.34. The number of benzene rings is 1. The van der Waals surface area contributed by atoms with Gasteiger partial charge in [-0.25, -0.2) is 4.98 Å². The molecule has 9 nitrogen and oxygen atoms in total. The fraction of sp³-hybridized carbons (Fsp3) is 0.350. The van der Waals surface area contributed by atoms with E-state index in [1.807, 2.05) is 0 Å². The first-order valence-corrected chi connectivity index (χ1v) is 9.42. The van der Waals surface area contributed by atoms with Gasteiger partial charge in [0.15, 0.2) is 5.69 Å². The first-order valence-electron chi connectivity index (χ1n) is 9.42. The maximum Gasteiger partial charge on any atom is 0.301 e. The molecule has 1 aromatic carbocycles. The molecular formula is C20H24N6O3. The van der Waals surface area contributed by atoms with Gasteiger partial charge in [0.2, 0.25) is 5.95 Å². The molecule has 2 N–H and O–H groups in total. The van der Waals surface area contributed by atoms with Gasteiger partial charge in [0.05, 0.1) is 24.2 Å². The molecule has 152 valence electrons. The van der Waals surface area contributed by atoms with Gasteiger partial charge in [0.25, 0.3) is 5.56 Å². The van der Waals surface area contributed by atoms with E-state index in [0.717, 1.165) is 12.8 Å². The number of H-pyrrole nitrogens is 2. The van der Waals surface area contributed by atoms with E-state index in [4.69, 9.17) is 4.74 Å². The van der Waals surface area contributed by atoms with Gasteiger partial charge in [-0.05, 0) is 51.0 Å². The number of azo groups is 1. The minimum atomic E-state index is -0.441. The van der Waals surface area contributed by atoms with Gasteiger partial charge in [-0.1, -0.05) is 13.3 Å². The summed E-state index contributed by atoms with van der Waals surface area (Å²) in [5.74, 6) is 0.837. The molecule has 0 atom stereocenters. The van der Waals surface area contributed by atoms with E-state index in [0.29, 0.717) is 34.8 Å². The molecule has 3 rings (SSSR count). The minimum absolute atomic E-state index is 0.131. The number of hydrogen-bond acceptors (Lipinski definition) is 6. The summed E-state index contributed by atoms with van der Waals surface area (Å²) in [5.41, 5.74) is 1.83. The second-order valence-electron chi connectivity index (χ2n) is 6.68. The van der Waals surface area contributed by atoms with Crippen molar-refractivity contribution in [3.05, 3.63) is 61.9 Å². The summed E-state index contributed by atoms with van der Waals surface area (Å²) in [6.07, 6.45) is 2.55. The van der Waals surface area contributed by atoms with Crippen molar-refractivity contribution in [2.75, 3.05) is 7.11 Å². The summed E-state index contributed by atoms with van der Waals surface area (Å²) in [5, 5.41) is 11.1. The second-order valence-corrected chi connectivity index (χ2v) is 6.68. The smallest absolute Gasteiger partial charge is 0.301 e. The van der Waals surface area contributed by atoms with E-state index < -0.39 is 5.56 Å². The van der Waals surface area contributed by atoms with Crippen molar-refractivity contribution < 1.29 is 4.74 Å². The van der Waals surface area contributed by atoms with Gasteiger partial charge in [-0.3, -0.25) is 19.7 Å². The van der Waals surface area contributed by atoms with Crippen LogP contribution in [0.3, 0.4) is 0 Å². The van der Waals surface area contributed by atoms with Crippen LogP contribution in [-0.4, -0.2) is 26.9 Å². The highest BCUT2D eigenvalue weighted by atomic mass is 16.5. The maximum atomic E-state index is 12.8. The van der Waals surface area contributed by atoms with Crippen molar-refractivity contribution in [1.29, 1.82) is 0 Å². The van der Waals surface area contributed by atoms with Gasteiger partial charge < -0.3 is 4.74 Å². The Balaban J connectivity index is 1.94. The lowest BCUT2D eigenvalue weighted by Crippen LogP contribution is -2.24. The van der Waals surface area contributed by atoms with E-state index in [2.05, 4.69) is 32.2 Å². The second kappa shape index (κ2) is 8.68. The van der Waals surface area contributed by atoms with Crippen LogP contribution in [0.2, 0.25) is 0 Å². The molecular weight excluding hydrogens is 372 g/mol. The molecule has 0 saturated heterocycles. The zero-order chi connectivity index (χ0) is 21.0. The number of aryl methyl sites for hydroxylation is 2.